The third kappa shape index (κ3) is 7.26. The van der Waals surface area contributed by atoms with Gasteiger partial charge in [-0.2, -0.15) is 0 Å². The molecular formula is C30H32N8O4S2. The summed E-state index contributed by atoms with van der Waals surface area (Å²) in [5.41, 5.74) is 10.6. The van der Waals surface area contributed by atoms with Crippen LogP contribution in [0.1, 0.15) is 59.5 Å². The van der Waals surface area contributed by atoms with Crippen LogP contribution in [0, 0.1) is 5.53 Å². The van der Waals surface area contributed by atoms with Crippen LogP contribution in [0.2, 0.25) is 0 Å². The minimum Gasteiger partial charge on any atom is -0.320 e. The van der Waals surface area contributed by atoms with Gasteiger partial charge in [0.2, 0.25) is 0 Å². The Bertz CT molecular complexity index is 1810. The highest BCUT2D eigenvalue weighted by Crippen LogP contribution is 2.34. The minimum atomic E-state index is -3.39. The van der Waals surface area contributed by atoms with Gasteiger partial charge in [-0.15, -0.1) is 10.2 Å². The number of carbonyl (C=O) groups excluding carboxylic acids is 2. The molecule has 0 bridgehead atoms. The van der Waals surface area contributed by atoms with Crippen LogP contribution < -0.4 is 21.4 Å². The van der Waals surface area contributed by atoms with E-state index in [1.54, 1.807) is 41.3 Å². The number of rotatable bonds is 7. The lowest BCUT2D eigenvalue weighted by Gasteiger charge is -2.25. The zero-order chi connectivity index (χ0) is 31.3. The number of benzene rings is 3. The van der Waals surface area contributed by atoms with Gasteiger partial charge >= 0.3 is 6.03 Å². The standard InChI is InChI=1S/C30H32N8O4S2/c1-44(41,42)24-15-16-25-26(17-24)43-29(33-25)35-30(40)38(23-13-11-21(12-14-23)20-5-3-2-4-6-20)18-19-7-9-22(10-8-19)27(39)34-28(36-31)37-32/h7-17,20,31H,2-6,18,32H2,1H3,(H,33,35,40)(H,34,37,39). The molecule has 1 fully saturated rings. The van der Waals surface area contributed by atoms with Crippen LogP contribution in [-0.4, -0.2) is 37.6 Å². The summed E-state index contributed by atoms with van der Waals surface area (Å²) in [5, 5.41) is 11.8. The van der Waals surface area contributed by atoms with E-state index >= 15 is 0 Å². The summed E-state index contributed by atoms with van der Waals surface area (Å²) in [6, 6.07) is 19.0. The summed E-state index contributed by atoms with van der Waals surface area (Å²) >= 11 is 1.19. The normalized spacial score (nSPS) is 14.2. The third-order valence-electron chi connectivity index (χ3n) is 7.54. The molecule has 0 unspecified atom stereocenters. The largest absolute Gasteiger partial charge is 0.328 e. The fourth-order valence-corrected chi connectivity index (χ4v) is 6.81. The maximum atomic E-state index is 13.7. The number of sulfone groups is 1. The molecule has 1 aromatic heterocycles. The number of guanidine groups is 1. The summed E-state index contributed by atoms with van der Waals surface area (Å²) in [4.78, 5) is 32.4. The Balaban J connectivity index is 1.39. The lowest BCUT2D eigenvalue weighted by atomic mass is 9.84. The third-order valence-corrected chi connectivity index (χ3v) is 9.58. The lowest BCUT2D eigenvalue weighted by molar-refractivity contribution is 0.0976. The van der Waals surface area contributed by atoms with Crippen molar-refractivity contribution in [1.82, 2.24) is 10.3 Å². The number of thiazole rings is 1. The molecule has 1 heterocycles. The van der Waals surface area contributed by atoms with E-state index in [4.69, 9.17) is 11.4 Å². The molecule has 1 saturated carbocycles. The quantitative estimate of drug-likeness (QED) is 0.0639. The van der Waals surface area contributed by atoms with Crippen molar-refractivity contribution in [3.8, 4) is 0 Å². The number of fused-ring (bicyclic) bond motifs is 1. The highest BCUT2D eigenvalue weighted by molar-refractivity contribution is 7.90. The number of anilines is 2. The average molecular weight is 633 g/mol. The number of urea groups is 1. The van der Waals surface area contributed by atoms with Crippen molar-refractivity contribution in [3.05, 3.63) is 83.4 Å². The number of amides is 3. The Morgan fingerprint density at radius 2 is 1.75 bits per heavy atom. The van der Waals surface area contributed by atoms with Gasteiger partial charge in [-0.05, 0) is 72.4 Å². The number of carbonyl (C=O) groups is 2. The molecule has 0 spiro atoms. The maximum Gasteiger partial charge on any atom is 0.328 e. The predicted octanol–water partition coefficient (Wildman–Crippen LogP) is 5.98. The highest BCUT2D eigenvalue weighted by Gasteiger charge is 2.21. The summed E-state index contributed by atoms with van der Waals surface area (Å²) in [7, 11) is -3.39. The van der Waals surface area contributed by atoms with E-state index in [-0.39, 0.29) is 17.4 Å². The van der Waals surface area contributed by atoms with Crippen LogP contribution in [0.15, 0.2) is 81.8 Å². The van der Waals surface area contributed by atoms with Gasteiger partial charge in [0.15, 0.2) is 15.0 Å². The van der Waals surface area contributed by atoms with Crippen LogP contribution >= 0.6 is 11.3 Å². The van der Waals surface area contributed by atoms with Gasteiger partial charge in [-0.3, -0.25) is 20.3 Å². The first-order valence-electron chi connectivity index (χ1n) is 14.0. The van der Waals surface area contributed by atoms with E-state index in [1.165, 1.54) is 42.2 Å². The van der Waals surface area contributed by atoms with Crippen molar-refractivity contribution in [2.24, 2.45) is 16.1 Å². The molecule has 5 N–H and O–H groups in total. The van der Waals surface area contributed by atoms with Crippen LogP contribution in [0.25, 0.3) is 10.2 Å². The number of aromatic nitrogens is 1. The smallest absolute Gasteiger partial charge is 0.320 e. The van der Waals surface area contributed by atoms with Crippen molar-refractivity contribution in [3.63, 3.8) is 0 Å². The van der Waals surface area contributed by atoms with Gasteiger partial charge in [-0.25, -0.2) is 23.7 Å². The number of nitrogens with two attached hydrogens (primary N) is 1. The molecule has 12 nitrogen and oxygen atoms in total. The second-order valence-corrected chi connectivity index (χ2v) is 13.6. The first-order valence-corrected chi connectivity index (χ1v) is 16.7. The maximum absolute atomic E-state index is 13.7. The number of hydrogen-bond acceptors (Lipinski definition) is 9. The number of hydrogen-bond donors (Lipinski definition) is 4. The Kier molecular flexibility index (Phi) is 9.30. The van der Waals surface area contributed by atoms with E-state index in [0.29, 0.717) is 32.5 Å². The van der Waals surface area contributed by atoms with Crippen LogP contribution in [-0.2, 0) is 16.4 Å². The highest BCUT2D eigenvalue weighted by atomic mass is 32.2. The van der Waals surface area contributed by atoms with Gasteiger partial charge < -0.3 is 5.84 Å². The molecule has 14 heteroatoms. The van der Waals surface area contributed by atoms with Crippen molar-refractivity contribution >= 4 is 60.1 Å². The van der Waals surface area contributed by atoms with Crippen LogP contribution in [0.5, 0.6) is 0 Å². The monoisotopic (exact) mass is 632 g/mol. The van der Waals surface area contributed by atoms with Crippen LogP contribution in [0.3, 0.4) is 0 Å². The van der Waals surface area contributed by atoms with Crippen molar-refractivity contribution in [2.45, 2.75) is 49.5 Å². The summed E-state index contributed by atoms with van der Waals surface area (Å²) in [6.45, 7) is 0.192. The summed E-state index contributed by atoms with van der Waals surface area (Å²) in [6.07, 6.45) is 7.19. The fourth-order valence-electron chi connectivity index (χ4n) is 5.20. The van der Waals surface area contributed by atoms with Crippen molar-refractivity contribution in [1.29, 1.82) is 5.53 Å². The average Bonchev–Trinajstić information content (AvgIpc) is 3.44. The Morgan fingerprint density at radius 3 is 2.39 bits per heavy atom. The van der Waals surface area contributed by atoms with E-state index in [0.717, 1.165) is 24.7 Å². The Hall–Kier alpha value is -4.69. The van der Waals surface area contributed by atoms with Gasteiger partial charge in [0.25, 0.3) is 11.9 Å². The van der Waals surface area contributed by atoms with Gasteiger partial charge in [0.1, 0.15) is 0 Å². The number of nitrogens with one attached hydrogen (secondary N) is 3. The number of hydrazone groups is 1. The molecule has 1 aliphatic rings. The molecule has 4 aromatic rings. The van der Waals surface area contributed by atoms with Gasteiger partial charge in [0, 0.05) is 17.5 Å². The zero-order valence-electron chi connectivity index (χ0n) is 24.0. The molecule has 1 aliphatic carbocycles. The number of nitrogens with zero attached hydrogens (tertiary/aromatic N) is 4. The second kappa shape index (κ2) is 13.3. The molecule has 0 saturated heterocycles. The van der Waals surface area contributed by atoms with Gasteiger partial charge in [0.05, 0.1) is 21.7 Å². The summed E-state index contributed by atoms with van der Waals surface area (Å²) < 4.78 is 24.6. The minimum absolute atomic E-state index is 0.184. The second-order valence-electron chi connectivity index (χ2n) is 10.6. The van der Waals surface area contributed by atoms with Crippen LogP contribution in [0.4, 0.5) is 15.6 Å². The molecule has 0 aliphatic heterocycles. The zero-order valence-corrected chi connectivity index (χ0v) is 25.6. The van der Waals surface area contributed by atoms with E-state index in [9.17, 15) is 18.0 Å². The van der Waals surface area contributed by atoms with Crippen molar-refractivity contribution in [2.75, 3.05) is 16.5 Å². The first-order chi connectivity index (χ1) is 21.1. The molecule has 0 atom stereocenters. The fraction of sp³-hybridized carbons (Fsp3) is 0.267. The summed E-state index contributed by atoms with van der Waals surface area (Å²) in [5.74, 6) is 4.79. The molecule has 0 radical (unpaired) electrons. The Morgan fingerprint density at radius 1 is 1.05 bits per heavy atom. The van der Waals surface area contributed by atoms with E-state index in [2.05, 4.69) is 38.0 Å². The molecule has 44 heavy (non-hydrogen) atoms. The Labute approximate surface area is 258 Å². The predicted molar refractivity (Wildman–Crippen MR) is 171 cm³/mol. The van der Waals surface area contributed by atoms with E-state index < -0.39 is 21.8 Å². The van der Waals surface area contributed by atoms with Gasteiger partial charge in [-0.1, -0.05) is 54.9 Å². The van der Waals surface area contributed by atoms with E-state index in [1.807, 2.05) is 12.1 Å². The SMILES string of the molecule is CS(=O)(=O)c1ccc2nc(NC(=O)N(Cc3ccc(C(=O)N/C(N=N)=N/N)cc3)c3ccc(C4CCCCC4)cc3)sc2c1. The van der Waals surface area contributed by atoms with Crippen molar-refractivity contribution < 1.29 is 18.0 Å². The molecular weight excluding hydrogens is 601 g/mol. The lowest BCUT2D eigenvalue weighted by Crippen LogP contribution is -2.34. The molecule has 228 valence electrons. The topological polar surface area (TPSA) is 183 Å². The molecule has 3 aromatic carbocycles. The molecule has 3 amide bonds. The first kappa shape index (κ1) is 30.8. The molecule has 5 rings (SSSR count).